The molecule has 21 heavy (non-hydrogen) atoms. The number of halogens is 1. The predicted octanol–water partition coefficient (Wildman–Crippen LogP) is 1.83. The summed E-state index contributed by atoms with van der Waals surface area (Å²) < 4.78 is 27.2. The third kappa shape index (κ3) is 3.95. The van der Waals surface area contributed by atoms with Crippen molar-refractivity contribution in [2.75, 3.05) is 26.2 Å². The van der Waals surface area contributed by atoms with E-state index in [0.717, 1.165) is 26.1 Å². The van der Waals surface area contributed by atoms with Crippen molar-refractivity contribution in [3.63, 3.8) is 0 Å². The topological polar surface area (TPSA) is 73.2 Å². The van der Waals surface area contributed by atoms with Crippen LogP contribution in [0.4, 0.5) is 0 Å². The van der Waals surface area contributed by atoms with E-state index >= 15 is 0 Å². The fourth-order valence-corrected chi connectivity index (χ4v) is 4.09. The Balaban J connectivity index is 2.07. The van der Waals surface area contributed by atoms with Crippen molar-refractivity contribution in [2.24, 2.45) is 5.92 Å². The summed E-state index contributed by atoms with van der Waals surface area (Å²) >= 11 is 5.94. The number of hydrogen-bond acceptors (Lipinski definition) is 4. The van der Waals surface area contributed by atoms with Crippen LogP contribution in [0.15, 0.2) is 23.1 Å². The van der Waals surface area contributed by atoms with Crippen molar-refractivity contribution >= 4 is 21.6 Å². The summed E-state index contributed by atoms with van der Waals surface area (Å²) in [6, 6.07) is 6.15. The molecule has 1 aliphatic rings. The van der Waals surface area contributed by atoms with E-state index in [0.29, 0.717) is 12.5 Å². The van der Waals surface area contributed by atoms with Gasteiger partial charge in [-0.15, -0.1) is 0 Å². The zero-order valence-corrected chi connectivity index (χ0v) is 13.4. The summed E-state index contributed by atoms with van der Waals surface area (Å²) in [5.41, 5.74) is 0.276. The SMILES string of the molecule is CCN1CCC(CNS(=O)(=O)c2cc(C#N)ccc2Cl)C1. The number of nitrogens with one attached hydrogen (secondary N) is 1. The number of hydrogen-bond donors (Lipinski definition) is 1. The Morgan fingerprint density at radius 1 is 1.52 bits per heavy atom. The van der Waals surface area contributed by atoms with Gasteiger partial charge >= 0.3 is 0 Å². The molecule has 7 heteroatoms. The highest BCUT2D eigenvalue weighted by molar-refractivity contribution is 7.89. The molecular formula is C14H18ClN3O2S. The first-order chi connectivity index (χ1) is 9.96. The van der Waals surface area contributed by atoms with Crippen molar-refractivity contribution in [3.8, 4) is 6.07 Å². The van der Waals surface area contributed by atoms with Crippen LogP contribution in [0.1, 0.15) is 18.9 Å². The quantitative estimate of drug-likeness (QED) is 0.895. The second kappa shape index (κ2) is 6.75. The number of likely N-dealkylation sites (tertiary alicyclic amines) is 1. The van der Waals surface area contributed by atoms with Gasteiger partial charge < -0.3 is 4.90 Å². The van der Waals surface area contributed by atoms with Gasteiger partial charge in [0.2, 0.25) is 10.0 Å². The highest BCUT2D eigenvalue weighted by Gasteiger charge is 2.24. The minimum Gasteiger partial charge on any atom is -0.303 e. The molecule has 0 aliphatic carbocycles. The molecule has 1 aliphatic heterocycles. The van der Waals surface area contributed by atoms with E-state index in [1.165, 1.54) is 18.2 Å². The van der Waals surface area contributed by atoms with Crippen LogP contribution in [0.25, 0.3) is 0 Å². The molecule has 1 saturated heterocycles. The number of sulfonamides is 1. The number of rotatable bonds is 5. The molecule has 0 radical (unpaired) electrons. The summed E-state index contributed by atoms with van der Waals surface area (Å²) in [6.45, 7) is 5.39. The van der Waals surface area contributed by atoms with E-state index in [1.807, 2.05) is 6.07 Å². The zero-order chi connectivity index (χ0) is 15.5. The Hall–Kier alpha value is -1.13. The lowest BCUT2D eigenvalue weighted by atomic mass is 10.1. The van der Waals surface area contributed by atoms with Gasteiger partial charge in [0.25, 0.3) is 0 Å². The van der Waals surface area contributed by atoms with Gasteiger partial charge in [0, 0.05) is 13.1 Å². The Bertz CT molecular complexity index is 655. The Morgan fingerprint density at radius 2 is 2.29 bits per heavy atom. The zero-order valence-electron chi connectivity index (χ0n) is 11.8. The Morgan fingerprint density at radius 3 is 2.90 bits per heavy atom. The summed E-state index contributed by atoms with van der Waals surface area (Å²) in [5.74, 6) is 0.317. The van der Waals surface area contributed by atoms with Gasteiger partial charge in [0.05, 0.1) is 16.7 Å². The average molecular weight is 328 g/mol. The van der Waals surface area contributed by atoms with E-state index in [4.69, 9.17) is 16.9 Å². The summed E-state index contributed by atoms with van der Waals surface area (Å²) in [7, 11) is -3.69. The van der Waals surface area contributed by atoms with Gasteiger partial charge in [-0.3, -0.25) is 0 Å². The van der Waals surface area contributed by atoms with Crippen LogP contribution in [-0.4, -0.2) is 39.5 Å². The molecule has 0 spiro atoms. The number of nitrogens with zero attached hydrogens (tertiary/aromatic N) is 2. The molecule has 1 unspecified atom stereocenters. The highest BCUT2D eigenvalue weighted by atomic mass is 35.5. The molecule has 0 amide bonds. The molecule has 1 aromatic carbocycles. The van der Waals surface area contributed by atoms with Gasteiger partial charge in [-0.2, -0.15) is 5.26 Å². The third-order valence-electron chi connectivity index (χ3n) is 3.73. The van der Waals surface area contributed by atoms with Crippen LogP contribution in [0.5, 0.6) is 0 Å². The molecule has 114 valence electrons. The summed E-state index contributed by atoms with van der Waals surface area (Å²) in [6.07, 6.45) is 0.988. The second-order valence-corrected chi connectivity index (χ2v) is 7.30. The van der Waals surface area contributed by atoms with Crippen molar-refractivity contribution < 1.29 is 8.42 Å². The van der Waals surface area contributed by atoms with Crippen LogP contribution in [0.2, 0.25) is 5.02 Å². The van der Waals surface area contributed by atoms with Gasteiger partial charge in [0.15, 0.2) is 0 Å². The largest absolute Gasteiger partial charge is 0.303 e. The van der Waals surface area contributed by atoms with E-state index < -0.39 is 10.0 Å². The molecule has 1 fully saturated rings. The van der Waals surface area contributed by atoms with Crippen molar-refractivity contribution in [3.05, 3.63) is 28.8 Å². The maximum absolute atomic E-state index is 12.3. The molecule has 0 bridgehead atoms. The molecule has 0 aromatic heterocycles. The van der Waals surface area contributed by atoms with Crippen LogP contribution < -0.4 is 4.72 Å². The van der Waals surface area contributed by atoms with Gasteiger partial charge in [0.1, 0.15) is 4.90 Å². The van der Waals surface area contributed by atoms with Gasteiger partial charge in [-0.05, 0) is 43.6 Å². The summed E-state index contributed by atoms with van der Waals surface area (Å²) in [5, 5.41) is 8.99. The molecule has 5 nitrogen and oxygen atoms in total. The van der Waals surface area contributed by atoms with Crippen molar-refractivity contribution in [1.29, 1.82) is 5.26 Å². The first kappa shape index (κ1) is 16.2. The molecule has 1 aromatic rings. The van der Waals surface area contributed by atoms with Gasteiger partial charge in [-0.25, -0.2) is 13.1 Å². The molecule has 0 saturated carbocycles. The Labute approximate surface area is 130 Å². The first-order valence-electron chi connectivity index (χ1n) is 6.88. The number of benzene rings is 1. The minimum atomic E-state index is -3.69. The smallest absolute Gasteiger partial charge is 0.242 e. The van der Waals surface area contributed by atoms with E-state index in [1.54, 1.807) is 0 Å². The second-order valence-electron chi connectivity index (χ2n) is 5.16. The van der Waals surface area contributed by atoms with Crippen LogP contribution >= 0.6 is 11.6 Å². The van der Waals surface area contributed by atoms with Crippen LogP contribution in [0.3, 0.4) is 0 Å². The fraction of sp³-hybridized carbons (Fsp3) is 0.500. The lowest BCUT2D eigenvalue weighted by Crippen LogP contribution is -2.31. The number of nitriles is 1. The fourth-order valence-electron chi connectivity index (χ4n) is 2.45. The van der Waals surface area contributed by atoms with Crippen molar-refractivity contribution in [2.45, 2.75) is 18.2 Å². The highest BCUT2D eigenvalue weighted by Crippen LogP contribution is 2.23. The first-order valence-corrected chi connectivity index (χ1v) is 8.74. The monoisotopic (exact) mass is 327 g/mol. The third-order valence-corrected chi connectivity index (χ3v) is 5.63. The van der Waals surface area contributed by atoms with Crippen LogP contribution in [0, 0.1) is 17.2 Å². The molecule has 1 N–H and O–H groups in total. The average Bonchev–Trinajstić information content (AvgIpc) is 2.94. The van der Waals surface area contributed by atoms with E-state index in [9.17, 15) is 8.42 Å². The lowest BCUT2D eigenvalue weighted by Gasteiger charge is -2.14. The van der Waals surface area contributed by atoms with Crippen molar-refractivity contribution in [1.82, 2.24) is 9.62 Å². The molecule has 1 atom stereocenters. The minimum absolute atomic E-state index is 0.0337. The Kier molecular flexibility index (Phi) is 5.22. The van der Waals surface area contributed by atoms with Crippen LogP contribution in [-0.2, 0) is 10.0 Å². The lowest BCUT2D eigenvalue weighted by molar-refractivity contribution is 0.342. The standard InChI is InChI=1S/C14H18ClN3O2S/c1-2-18-6-5-12(10-18)9-17-21(19,20)14-7-11(8-16)3-4-13(14)15/h3-4,7,12,17H,2,5-6,9-10H2,1H3. The predicted molar refractivity (Wildman–Crippen MR) is 81.6 cm³/mol. The maximum atomic E-state index is 12.3. The molecule has 2 rings (SSSR count). The molecular weight excluding hydrogens is 310 g/mol. The van der Waals surface area contributed by atoms with E-state index in [-0.39, 0.29) is 15.5 Å². The van der Waals surface area contributed by atoms with E-state index in [2.05, 4.69) is 16.5 Å². The van der Waals surface area contributed by atoms with Gasteiger partial charge in [-0.1, -0.05) is 18.5 Å². The molecule has 1 heterocycles. The summed E-state index contributed by atoms with van der Waals surface area (Å²) in [4.78, 5) is 2.26. The normalized spacial score (nSPS) is 19.6. The maximum Gasteiger partial charge on any atom is 0.242 e.